The molecular weight excluding hydrogens is 185 g/mol. The van der Waals surface area contributed by atoms with Crippen molar-refractivity contribution < 1.29 is 13.9 Å². The number of hydrogen-bond donors (Lipinski definition) is 0. The summed E-state index contributed by atoms with van der Waals surface area (Å²) in [5.74, 6) is -1.07. The lowest BCUT2D eigenvalue weighted by atomic mass is 10.2. The van der Waals surface area contributed by atoms with Gasteiger partial charge in [-0.05, 0) is 26.8 Å². The number of carbonyl (C=O) groups is 1. The quantitative estimate of drug-likeness (QED) is 0.681. The zero-order chi connectivity index (χ0) is 10.7. The van der Waals surface area contributed by atoms with Crippen LogP contribution < -0.4 is 0 Å². The third-order valence-corrected chi connectivity index (χ3v) is 1.62. The van der Waals surface area contributed by atoms with E-state index in [9.17, 15) is 9.18 Å². The van der Waals surface area contributed by atoms with Gasteiger partial charge in [0.1, 0.15) is 5.82 Å². The van der Waals surface area contributed by atoms with Crippen LogP contribution in [-0.4, -0.2) is 17.1 Å². The molecule has 0 saturated heterocycles. The minimum atomic E-state index is -0.537. The van der Waals surface area contributed by atoms with E-state index in [0.29, 0.717) is 5.69 Å². The van der Waals surface area contributed by atoms with Crippen LogP contribution in [0.4, 0.5) is 4.39 Å². The summed E-state index contributed by atoms with van der Waals surface area (Å²) in [5.41, 5.74) is 0.649. The number of rotatable bonds is 2. The van der Waals surface area contributed by atoms with E-state index in [-0.39, 0.29) is 11.7 Å². The number of ether oxygens (including phenoxy) is 1. The molecule has 0 amide bonds. The van der Waals surface area contributed by atoms with Crippen LogP contribution in [0, 0.1) is 12.7 Å². The lowest BCUT2D eigenvalue weighted by molar-refractivity contribution is 0.0376. The van der Waals surface area contributed by atoms with E-state index in [2.05, 4.69) is 4.98 Å². The Morgan fingerprint density at radius 1 is 1.57 bits per heavy atom. The zero-order valence-electron chi connectivity index (χ0n) is 8.37. The Morgan fingerprint density at radius 3 is 2.79 bits per heavy atom. The SMILES string of the molecule is Cc1ncc(F)cc1C(=O)OC(C)C. The molecule has 0 N–H and O–H groups in total. The van der Waals surface area contributed by atoms with Crippen molar-refractivity contribution in [3.63, 3.8) is 0 Å². The molecule has 0 spiro atoms. The second-order valence-electron chi connectivity index (χ2n) is 3.24. The first-order valence-corrected chi connectivity index (χ1v) is 4.34. The Morgan fingerprint density at radius 2 is 2.21 bits per heavy atom. The largest absolute Gasteiger partial charge is 0.459 e. The predicted octanol–water partition coefficient (Wildman–Crippen LogP) is 2.09. The highest BCUT2D eigenvalue weighted by Gasteiger charge is 2.13. The number of esters is 1. The fourth-order valence-corrected chi connectivity index (χ4v) is 0.992. The first-order valence-electron chi connectivity index (χ1n) is 4.34. The second-order valence-corrected chi connectivity index (χ2v) is 3.24. The van der Waals surface area contributed by atoms with Gasteiger partial charge in [0.25, 0.3) is 0 Å². The van der Waals surface area contributed by atoms with E-state index in [1.807, 2.05) is 0 Å². The average molecular weight is 197 g/mol. The molecule has 14 heavy (non-hydrogen) atoms. The lowest BCUT2D eigenvalue weighted by Gasteiger charge is -2.08. The van der Waals surface area contributed by atoms with Gasteiger partial charge in [0.2, 0.25) is 0 Å². The van der Waals surface area contributed by atoms with Crippen molar-refractivity contribution in [1.82, 2.24) is 4.98 Å². The molecule has 1 aromatic rings. The van der Waals surface area contributed by atoms with E-state index in [0.717, 1.165) is 12.3 Å². The number of carbonyl (C=O) groups excluding carboxylic acids is 1. The van der Waals surface area contributed by atoms with Gasteiger partial charge in [0.05, 0.1) is 23.6 Å². The first-order chi connectivity index (χ1) is 6.50. The van der Waals surface area contributed by atoms with Crippen molar-refractivity contribution in [3.05, 3.63) is 29.3 Å². The highest BCUT2D eigenvalue weighted by atomic mass is 19.1. The number of halogens is 1. The van der Waals surface area contributed by atoms with Crippen LogP contribution in [0.5, 0.6) is 0 Å². The highest BCUT2D eigenvalue weighted by molar-refractivity contribution is 5.90. The maximum absolute atomic E-state index is 12.8. The second kappa shape index (κ2) is 4.17. The molecule has 0 aliphatic rings. The number of pyridine rings is 1. The first kappa shape index (κ1) is 10.6. The maximum Gasteiger partial charge on any atom is 0.340 e. The van der Waals surface area contributed by atoms with Crippen molar-refractivity contribution >= 4 is 5.97 Å². The monoisotopic (exact) mass is 197 g/mol. The summed E-state index contributed by atoms with van der Waals surface area (Å²) in [5, 5.41) is 0. The lowest BCUT2D eigenvalue weighted by Crippen LogP contribution is -2.13. The highest BCUT2D eigenvalue weighted by Crippen LogP contribution is 2.09. The molecule has 1 rings (SSSR count). The Balaban J connectivity index is 2.94. The topological polar surface area (TPSA) is 39.2 Å². The third-order valence-electron chi connectivity index (χ3n) is 1.62. The van der Waals surface area contributed by atoms with Gasteiger partial charge < -0.3 is 4.74 Å². The number of aryl methyl sites for hydroxylation is 1. The molecule has 0 aromatic carbocycles. The van der Waals surface area contributed by atoms with Crippen LogP contribution in [0.15, 0.2) is 12.3 Å². The van der Waals surface area contributed by atoms with E-state index < -0.39 is 11.8 Å². The third kappa shape index (κ3) is 2.52. The van der Waals surface area contributed by atoms with E-state index in [4.69, 9.17) is 4.74 Å². The van der Waals surface area contributed by atoms with Gasteiger partial charge in [-0.15, -0.1) is 0 Å². The van der Waals surface area contributed by atoms with Crippen LogP contribution in [0.25, 0.3) is 0 Å². The van der Waals surface area contributed by atoms with Crippen LogP contribution in [0.2, 0.25) is 0 Å². The summed E-state index contributed by atoms with van der Waals surface area (Å²) < 4.78 is 17.7. The van der Waals surface area contributed by atoms with Crippen LogP contribution in [-0.2, 0) is 4.74 Å². The molecule has 0 unspecified atom stereocenters. The Labute approximate surface area is 81.9 Å². The van der Waals surface area contributed by atoms with Crippen molar-refractivity contribution in [2.24, 2.45) is 0 Å². The number of nitrogens with zero attached hydrogens (tertiary/aromatic N) is 1. The van der Waals surface area contributed by atoms with Crippen LogP contribution in [0.3, 0.4) is 0 Å². The van der Waals surface area contributed by atoms with Gasteiger partial charge in [0, 0.05) is 0 Å². The van der Waals surface area contributed by atoms with Crippen LogP contribution in [0.1, 0.15) is 29.9 Å². The van der Waals surface area contributed by atoms with Gasteiger partial charge in [-0.3, -0.25) is 4.98 Å². The molecule has 0 radical (unpaired) electrons. The van der Waals surface area contributed by atoms with E-state index >= 15 is 0 Å². The molecule has 0 aliphatic heterocycles. The van der Waals surface area contributed by atoms with E-state index in [1.54, 1.807) is 20.8 Å². The summed E-state index contributed by atoms with van der Waals surface area (Å²) in [6.45, 7) is 5.11. The van der Waals surface area contributed by atoms with Crippen molar-refractivity contribution in [2.45, 2.75) is 26.9 Å². The minimum absolute atomic E-state index is 0.179. The molecular formula is C10H12FNO2. The molecule has 0 fully saturated rings. The van der Waals surface area contributed by atoms with Crippen molar-refractivity contribution in [3.8, 4) is 0 Å². The molecule has 0 atom stereocenters. The van der Waals surface area contributed by atoms with Crippen LogP contribution >= 0.6 is 0 Å². The average Bonchev–Trinajstić information content (AvgIpc) is 2.08. The smallest absolute Gasteiger partial charge is 0.340 e. The summed E-state index contributed by atoms with van der Waals surface area (Å²) in [6.07, 6.45) is 0.853. The summed E-state index contributed by atoms with van der Waals surface area (Å²) >= 11 is 0. The Kier molecular flexibility index (Phi) is 3.17. The molecule has 1 heterocycles. The predicted molar refractivity (Wildman–Crippen MR) is 49.5 cm³/mol. The van der Waals surface area contributed by atoms with Gasteiger partial charge in [0.15, 0.2) is 0 Å². The fraction of sp³-hybridized carbons (Fsp3) is 0.400. The molecule has 0 aliphatic carbocycles. The summed E-state index contributed by atoms with van der Waals surface area (Å²) in [6, 6.07) is 1.13. The van der Waals surface area contributed by atoms with Gasteiger partial charge >= 0.3 is 5.97 Å². The summed E-state index contributed by atoms with van der Waals surface area (Å²) in [7, 11) is 0. The maximum atomic E-state index is 12.8. The van der Waals surface area contributed by atoms with E-state index in [1.165, 1.54) is 0 Å². The van der Waals surface area contributed by atoms with Crippen molar-refractivity contribution in [2.75, 3.05) is 0 Å². The number of hydrogen-bond acceptors (Lipinski definition) is 3. The molecule has 3 nitrogen and oxygen atoms in total. The van der Waals surface area contributed by atoms with Gasteiger partial charge in [-0.2, -0.15) is 0 Å². The van der Waals surface area contributed by atoms with Gasteiger partial charge in [-0.1, -0.05) is 0 Å². The van der Waals surface area contributed by atoms with Gasteiger partial charge in [-0.25, -0.2) is 9.18 Å². The Bertz CT molecular complexity index is 350. The normalized spacial score (nSPS) is 10.4. The molecule has 1 aromatic heterocycles. The molecule has 4 heteroatoms. The standard InChI is InChI=1S/C10H12FNO2/c1-6(2)14-10(13)9-4-8(11)5-12-7(9)3/h4-6H,1-3H3. The fourth-order valence-electron chi connectivity index (χ4n) is 0.992. The van der Waals surface area contributed by atoms with Crippen molar-refractivity contribution in [1.29, 1.82) is 0 Å². The molecule has 76 valence electrons. The zero-order valence-corrected chi connectivity index (χ0v) is 8.37. The molecule has 0 bridgehead atoms. The molecule has 0 saturated carbocycles. The minimum Gasteiger partial charge on any atom is -0.459 e. The number of aromatic nitrogens is 1. The Hall–Kier alpha value is -1.45. The summed E-state index contributed by atoms with van der Waals surface area (Å²) in [4.78, 5) is 15.1.